The summed E-state index contributed by atoms with van der Waals surface area (Å²) in [6, 6.07) is 1.92. The Bertz CT molecular complexity index is 574. The number of aryl methyl sites for hydroxylation is 2. The van der Waals surface area contributed by atoms with Gasteiger partial charge in [0.05, 0.1) is 0 Å². The van der Waals surface area contributed by atoms with E-state index in [1.54, 1.807) is 0 Å². The van der Waals surface area contributed by atoms with Crippen LogP contribution in [0.25, 0.3) is 0 Å². The zero-order valence-corrected chi connectivity index (χ0v) is 11.8. The molecule has 1 aliphatic heterocycles. The molecule has 0 spiro atoms. The third kappa shape index (κ3) is 2.68. The smallest absolute Gasteiger partial charge is 0.225 e. The van der Waals surface area contributed by atoms with Crippen molar-refractivity contribution in [2.45, 2.75) is 13.8 Å². The molecule has 20 heavy (non-hydrogen) atoms. The van der Waals surface area contributed by atoms with Crippen molar-refractivity contribution < 1.29 is 0 Å². The molecule has 0 atom stereocenters. The summed E-state index contributed by atoms with van der Waals surface area (Å²) in [5, 5.41) is 0. The molecule has 0 unspecified atom stereocenters. The van der Waals surface area contributed by atoms with Gasteiger partial charge in [-0.2, -0.15) is 0 Å². The first kappa shape index (κ1) is 12.8. The van der Waals surface area contributed by atoms with Crippen LogP contribution in [0.2, 0.25) is 0 Å². The van der Waals surface area contributed by atoms with E-state index < -0.39 is 0 Å². The zero-order chi connectivity index (χ0) is 13.9. The molecule has 104 valence electrons. The Balaban J connectivity index is 1.66. The highest BCUT2D eigenvalue weighted by molar-refractivity contribution is 5.37. The minimum absolute atomic E-state index is 0.806. The van der Waals surface area contributed by atoms with Crippen LogP contribution in [0, 0.1) is 13.8 Å². The van der Waals surface area contributed by atoms with E-state index in [1.807, 2.05) is 38.5 Å². The second kappa shape index (κ2) is 5.40. The summed E-state index contributed by atoms with van der Waals surface area (Å²) < 4.78 is 0. The maximum Gasteiger partial charge on any atom is 0.225 e. The van der Waals surface area contributed by atoms with E-state index in [1.165, 1.54) is 0 Å². The lowest BCUT2D eigenvalue weighted by Crippen LogP contribution is -2.47. The highest BCUT2D eigenvalue weighted by Crippen LogP contribution is 2.14. The number of aromatic nitrogens is 4. The fraction of sp³-hybridized carbons (Fsp3) is 0.429. The van der Waals surface area contributed by atoms with Crippen LogP contribution >= 0.6 is 0 Å². The van der Waals surface area contributed by atoms with Gasteiger partial charge in [-0.25, -0.2) is 19.9 Å². The van der Waals surface area contributed by atoms with Crippen molar-refractivity contribution in [3.63, 3.8) is 0 Å². The van der Waals surface area contributed by atoms with Crippen LogP contribution in [0.5, 0.6) is 0 Å². The molecular weight excluding hydrogens is 252 g/mol. The number of hydrogen-bond acceptors (Lipinski definition) is 6. The summed E-state index contributed by atoms with van der Waals surface area (Å²) >= 11 is 0. The van der Waals surface area contributed by atoms with Crippen LogP contribution < -0.4 is 9.80 Å². The van der Waals surface area contributed by atoms with E-state index in [0.29, 0.717) is 0 Å². The molecule has 0 radical (unpaired) electrons. The standard InChI is InChI=1S/C14H18N6/c1-11-9-16-13(17-10-11)19-5-7-20(8-6-19)14-15-4-3-12(2)18-14/h3-4,9-10H,5-8H2,1-2H3. The third-order valence-corrected chi connectivity index (χ3v) is 3.39. The molecule has 1 aliphatic rings. The van der Waals surface area contributed by atoms with Gasteiger partial charge in [0, 0.05) is 50.5 Å². The van der Waals surface area contributed by atoms with Gasteiger partial charge in [-0.15, -0.1) is 0 Å². The Morgan fingerprint density at radius 2 is 1.45 bits per heavy atom. The highest BCUT2D eigenvalue weighted by Gasteiger charge is 2.20. The Labute approximate surface area is 118 Å². The number of hydrogen-bond donors (Lipinski definition) is 0. The van der Waals surface area contributed by atoms with Gasteiger partial charge in [0.2, 0.25) is 11.9 Å². The van der Waals surface area contributed by atoms with Crippen LogP contribution in [0.15, 0.2) is 24.7 Å². The summed E-state index contributed by atoms with van der Waals surface area (Å²) in [5.74, 6) is 1.62. The third-order valence-electron chi connectivity index (χ3n) is 3.39. The summed E-state index contributed by atoms with van der Waals surface area (Å²) in [7, 11) is 0. The second-order valence-electron chi connectivity index (χ2n) is 5.03. The number of nitrogens with zero attached hydrogens (tertiary/aromatic N) is 6. The van der Waals surface area contributed by atoms with E-state index in [2.05, 4.69) is 29.7 Å². The summed E-state index contributed by atoms with van der Waals surface area (Å²) in [6.45, 7) is 7.54. The Kier molecular flexibility index (Phi) is 3.45. The minimum Gasteiger partial charge on any atom is -0.337 e. The van der Waals surface area contributed by atoms with Gasteiger partial charge in [-0.1, -0.05) is 0 Å². The first-order valence-electron chi connectivity index (χ1n) is 6.80. The van der Waals surface area contributed by atoms with Crippen LogP contribution in [0.4, 0.5) is 11.9 Å². The fourth-order valence-electron chi connectivity index (χ4n) is 2.24. The molecule has 0 saturated carbocycles. The van der Waals surface area contributed by atoms with Crippen LogP contribution in [0.3, 0.4) is 0 Å². The van der Waals surface area contributed by atoms with E-state index in [0.717, 1.165) is 49.3 Å². The molecule has 6 nitrogen and oxygen atoms in total. The molecule has 2 aromatic rings. The molecule has 0 aliphatic carbocycles. The largest absolute Gasteiger partial charge is 0.337 e. The van der Waals surface area contributed by atoms with E-state index in [4.69, 9.17) is 0 Å². The summed E-state index contributed by atoms with van der Waals surface area (Å²) in [6.07, 6.45) is 5.53. The quantitative estimate of drug-likeness (QED) is 0.817. The van der Waals surface area contributed by atoms with Crippen molar-refractivity contribution >= 4 is 11.9 Å². The highest BCUT2D eigenvalue weighted by atomic mass is 15.3. The Morgan fingerprint density at radius 1 is 0.850 bits per heavy atom. The molecule has 1 saturated heterocycles. The lowest BCUT2D eigenvalue weighted by Gasteiger charge is -2.34. The first-order valence-corrected chi connectivity index (χ1v) is 6.80. The van der Waals surface area contributed by atoms with Crippen molar-refractivity contribution in [1.82, 2.24) is 19.9 Å². The number of anilines is 2. The minimum atomic E-state index is 0.806. The molecule has 0 N–H and O–H groups in total. The van der Waals surface area contributed by atoms with Crippen LogP contribution in [-0.2, 0) is 0 Å². The normalized spacial score (nSPS) is 15.5. The average Bonchev–Trinajstić information content (AvgIpc) is 2.48. The predicted molar refractivity (Wildman–Crippen MR) is 78.0 cm³/mol. The van der Waals surface area contributed by atoms with Crippen molar-refractivity contribution in [3.8, 4) is 0 Å². The van der Waals surface area contributed by atoms with Gasteiger partial charge < -0.3 is 9.80 Å². The zero-order valence-electron chi connectivity index (χ0n) is 11.8. The van der Waals surface area contributed by atoms with Crippen molar-refractivity contribution in [3.05, 3.63) is 35.9 Å². The maximum absolute atomic E-state index is 4.47. The van der Waals surface area contributed by atoms with E-state index >= 15 is 0 Å². The molecule has 3 heterocycles. The van der Waals surface area contributed by atoms with E-state index in [9.17, 15) is 0 Å². The molecule has 3 rings (SSSR count). The average molecular weight is 270 g/mol. The SMILES string of the molecule is Cc1cnc(N2CCN(c3nccc(C)n3)CC2)nc1. The second-order valence-corrected chi connectivity index (χ2v) is 5.03. The lowest BCUT2D eigenvalue weighted by molar-refractivity contribution is 0.627. The van der Waals surface area contributed by atoms with Crippen molar-refractivity contribution in [2.75, 3.05) is 36.0 Å². The molecule has 0 amide bonds. The topological polar surface area (TPSA) is 58.0 Å². The molecule has 6 heteroatoms. The summed E-state index contributed by atoms with van der Waals surface area (Å²) in [4.78, 5) is 22.0. The van der Waals surface area contributed by atoms with Crippen molar-refractivity contribution in [2.24, 2.45) is 0 Å². The maximum atomic E-state index is 4.47. The molecule has 2 aromatic heterocycles. The lowest BCUT2D eigenvalue weighted by atomic mass is 10.3. The summed E-state index contributed by atoms with van der Waals surface area (Å²) in [5.41, 5.74) is 2.08. The molecule has 0 aromatic carbocycles. The molecule has 0 bridgehead atoms. The number of piperazine rings is 1. The number of rotatable bonds is 2. The van der Waals surface area contributed by atoms with Gasteiger partial charge in [-0.3, -0.25) is 0 Å². The first-order chi connectivity index (χ1) is 9.72. The predicted octanol–water partition coefficient (Wildman–Crippen LogP) is 1.21. The fourth-order valence-corrected chi connectivity index (χ4v) is 2.24. The Hall–Kier alpha value is -2.24. The van der Waals surface area contributed by atoms with Crippen LogP contribution in [0.1, 0.15) is 11.3 Å². The Morgan fingerprint density at radius 3 is 2.05 bits per heavy atom. The van der Waals surface area contributed by atoms with Gasteiger partial charge in [0.1, 0.15) is 0 Å². The van der Waals surface area contributed by atoms with Gasteiger partial charge in [-0.05, 0) is 25.5 Å². The van der Waals surface area contributed by atoms with Gasteiger partial charge in [0.25, 0.3) is 0 Å². The van der Waals surface area contributed by atoms with Crippen LogP contribution in [-0.4, -0.2) is 46.1 Å². The molecular formula is C14H18N6. The van der Waals surface area contributed by atoms with Gasteiger partial charge >= 0.3 is 0 Å². The van der Waals surface area contributed by atoms with E-state index in [-0.39, 0.29) is 0 Å². The molecule has 1 fully saturated rings. The van der Waals surface area contributed by atoms with Gasteiger partial charge in [0.15, 0.2) is 0 Å². The monoisotopic (exact) mass is 270 g/mol. The van der Waals surface area contributed by atoms with Crippen molar-refractivity contribution in [1.29, 1.82) is 0 Å².